The lowest BCUT2D eigenvalue weighted by atomic mass is 10.2. The van der Waals surface area contributed by atoms with Gasteiger partial charge in [0, 0.05) is 6.07 Å². The first-order chi connectivity index (χ1) is 9.69. The van der Waals surface area contributed by atoms with E-state index in [2.05, 4.69) is 5.32 Å². The van der Waals surface area contributed by atoms with Crippen LogP contribution in [0.3, 0.4) is 0 Å². The van der Waals surface area contributed by atoms with Crippen molar-refractivity contribution in [1.82, 2.24) is 0 Å². The molecule has 0 spiro atoms. The molecular formula is C15H11FN2O2. The third-order valence-corrected chi connectivity index (χ3v) is 2.42. The monoisotopic (exact) mass is 270 g/mol. The molecule has 0 fully saturated rings. The van der Waals surface area contributed by atoms with Crippen molar-refractivity contribution in [2.75, 3.05) is 5.32 Å². The topological polar surface area (TPSA) is 62.1 Å². The molecule has 5 heteroatoms. The van der Waals surface area contributed by atoms with Crippen molar-refractivity contribution in [2.45, 2.75) is 6.42 Å². The Balaban J connectivity index is 2.20. The number of anilines is 1. The highest BCUT2D eigenvalue weighted by Gasteiger charge is 2.08. The lowest BCUT2D eigenvalue weighted by molar-refractivity contribution is -0.115. The number of nitriles is 1. The van der Waals surface area contributed by atoms with Crippen LogP contribution in [-0.4, -0.2) is 5.91 Å². The lowest BCUT2D eigenvalue weighted by Gasteiger charge is -2.11. The van der Waals surface area contributed by atoms with Crippen molar-refractivity contribution in [3.8, 4) is 17.6 Å². The Kier molecular flexibility index (Phi) is 4.30. The highest BCUT2D eigenvalue weighted by Crippen LogP contribution is 2.29. The zero-order valence-electron chi connectivity index (χ0n) is 10.5. The van der Waals surface area contributed by atoms with E-state index in [-0.39, 0.29) is 6.42 Å². The molecule has 2 aromatic rings. The summed E-state index contributed by atoms with van der Waals surface area (Å²) in [4.78, 5) is 11.4. The van der Waals surface area contributed by atoms with Gasteiger partial charge >= 0.3 is 0 Å². The minimum Gasteiger partial charge on any atom is -0.455 e. The number of amides is 1. The zero-order chi connectivity index (χ0) is 14.4. The van der Waals surface area contributed by atoms with Crippen LogP contribution in [0.2, 0.25) is 0 Å². The average Bonchev–Trinajstić information content (AvgIpc) is 2.41. The van der Waals surface area contributed by atoms with Crippen LogP contribution in [0, 0.1) is 17.1 Å². The van der Waals surface area contributed by atoms with Gasteiger partial charge in [-0.2, -0.15) is 5.26 Å². The molecule has 1 amide bonds. The quantitative estimate of drug-likeness (QED) is 0.925. The summed E-state index contributed by atoms with van der Waals surface area (Å²) < 4.78 is 18.6. The summed E-state index contributed by atoms with van der Waals surface area (Å²) in [5.41, 5.74) is 0.428. The van der Waals surface area contributed by atoms with Gasteiger partial charge in [-0.25, -0.2) is 4.39 Å². The molecule has 0 aliphatic heterocycles. The van der Waals surface area contributed by atoms with Crippen LogP contribution < -0.4 is 10.1 Å². The number of carbonyl (C=O) groups is 1. The fourth-order valence-corrected chi connectivity index (χ4v) is 1.58. The van der Waals surface area contributed by atoms with Crippen LogP contribution in [0.1, 0.15) is 6.42 Å². The van der Waals surface area contributed by atoms with Crippen LogP contribution in [0.4, 0.5) is 10.1 Å². The first-order valence-electron chi connectivity index (χ1n) is 5.88. The Bertz CT molecular complexity index is 665. The van der Waals surface area contributed by atoms with Crippen molar-refractivity contribution in [3.05, 3.63) is 54.3 Å². The number of benzene rings is 2. The minimum absolute atomic E-state index is 0.242. The Hall–Kier alpha value is -2.87. The molecule has 0 bridgehead atoms. The second kappa shape index (κ2) is 6.34. The molecule has 2 aromatic carbocycles. The van der Waals surface area contributed by atoms with E-state index < -0.39 is 11.7 Å². The summed E-state index contributed by atoms with van der Waals surface area (Å²) >= 11 is 0. The predicted molar refractivity (Wildman–Crippen MR) is 71.8 cm³/mol. The van der Waals surface area contributed by atoms with E-state index in [0.717, 1.165) is 0 Å². The summed E-state index contributed by atoms with van der Waals surface area (Å²) in [7, 11) is 0. The van der Waals surface area contributed by atoms with Gasteiger partial charge in [0.25, 0.3) is 0 Å². The van der Waals surface area contributed by atoms with E-state index in [1.165, 1.54) is 18.2 Å². The van der Waals surface area contributed by atoms with Gasteiger partial charge in [-0.15, -0.1) is 0 Å². The van der Waals surface area contributed by atoms with Crippen molar-refractivity contribution in [3.63, 3.8) is 0 Å². The van der Waals surface area contributed by atoms with E-state index in [1.54, 1.807) is 36.4 Å². The van der Waals surface area contributed by atoms with Gasteiger partial charge < -0.3 is 10.1 Å². The number of nitrogens with zero attached hydrogens (tertiary/aromatic N) is 1. The Morgan fingerprint density at radius 1 is 1.25 bits per heavy atom. The molecule has 0 aliphatic carbocycles. The molecule has 0 saturated heterocycles. The van der Waals surface area contributed by atoms with Gasteiger partial charge in [0.2, 0.25) is 5.91 Å². The standard InChI is InChI=1S/C15H11FN2O2/c16-11-4-3-5-12(10-11)20-14-7-2-1-6-13(14)18-15(19)8-9-17/h1-7,10H,8H2,(H,18,19). The Morgan fingerprint density at radius 2 is 2.05 bits per heavy atom. The predicted octanol–water partition coefficient (Wildman–Crippen LogP) is 3.47. The zero-order valence-corrected chi connectivity index (χ0v) is 10.5. The first kappa shape index (κ1) is 13.6. The molecule has 2 rings (SSSR count). The average molecular weight is 270 g/mol. The highest BCUT2D eigenvalue weighted by atomic mass is 19.1. The lowest BCUT2D eigenvalue weighted by Crippen LogP contribution is -2.10. The number of rotatable bonds is 4. The van der Waals surface area contributed by atoms with Gasteiger partial charge in [-0.3, -0.25) is 4.79 Å². The number of halogens is 1. The molecule has 4 nitrogen and oxygen atoms in total. The Labute approximate surface area is 115 Å². The molecule has 0 unspecified atom stereocenters. The van der Waals surface area contributed by atoms with E-state index in [0.29, 0.717) is 17.2 Å². The van der Waals surface area contributed by atoms with Crippen molar-refractivity contribution in [2.24, 2.45) is 0 Å². The van der Waals surface area contributed by atoms with E-state index in [4.69, 9.17) is 10.00 Å². The number of nitrogens with one attached hydrogen (secondary N) is 1. The van der Waals surface area contributed by atoms with Crippen LogP contribution in [-0.2, 0) is 4.79 Å². The molecule has 0 aliphatic rings. The molecule has 0 radical (unpaired) electrons. The largest absolute Gasteiger partial charge is 0.455 e. The SMILES string of the molecule is N#CCC(=O)Nc1ccccc1Oc1cccc(F)c1. The number of para-hydroxylation sites is 2. The third kappa shape index (κ3) is 3.56. The van der Waals surface area contributed by atoms with Gasteiger partial charge in [-0.1, -0.05) is 18.2 Å². The summed E-state index contributed by atoms with van der Waals surface area (Å²) in [5.74, 6) is -0.132. The number of ether oxygens (including phenoxy) is 1. The molecular weight excluding hydrogens is 259 g/mol. The van der Waals surface area contributed by atoms with Gasteiger partial charge in [0.1, 0.15) is 18.0 Å². The molecule has 0 atom stereocenters. The maximum atomic E-state index is 13.1. The fourth-order valence-electron chi connectivity index (χ4n) is 1.58. The number of hydrogen-bond acceptors (Lipinski definition) is 3. The van der Waals surface area contributed by atoms with Crippen molar-refractivity contribution < 1.29 is 13.9 Å². The van der Waals surface area contributed by atoms with Gasteiger partial charge in [0.05, 0.1) is 11.8 Å². The van der Waals surface area contributed by atoms with E-state index in [1.807, 2.05) is 0 Å². The summed E-state index contributed by atoms with van der Waals surface area (Å²) in [6, 6.07) is 14.2. The highest BCUT2D eigenvalue weighted by molar-refractivity contribution is 5.93. The maximum absolute atomic E-state index is 13.1. The number of hydrogen-bond donors (Lipinski definition) is 1. The molecule has 0 aromatic heterocycles. The van der Waals surface area contributed by atoms with Crippen molar-refractivity contribution in [1.29, 1.82) is 5.26 Å². The van der Waals surface area contributed by atoms with Crippen LogP contribution >= 0.6 is 0 Å². The summed E-state index contributed by atoms with van der Waals surface area (Å²) in [6.07, 6.45) is -0.242. The number of carbonyl (C=O) groups excluding carboxylic acids is 1. The third-order valence-electron chi connectivity index (χ3n) is 2.42. The van der Waals surface area contributed by atoms with E-state index in [9.17, 15) is 9.18 Å². The summed E-state index contributed by atoms with van der Waals surface area (Å²) in [6.45, 7) is 0. The molecule has 1 N–H and O–H groups in total. The van der Waals surface area contributed by atoms with Gasteiger partial charge in [0.15, 0.2) is 5.75 Å². The first-order valence-corrected chi connectivity index (χ1v) is 5.88. The van der Waals surface area contributed by atoms with Crippen LogP contribution in [0.15, 0.2) is 48.5 Å². The molecule has 0 saturated carbocycles. The normalized spacial score (nSPS) is 9.60. The second-order valence-corrected chi connectivity index (χ2v) is 3.94. The molecule has 20 heavy (non-hydrogen) atoms. The van der Waals surface area contributed by atoms with E-state index >= 15 is 0 Å². The molecule has 100 valence electrons. The molecule has 0 heterocycles. The minimum atomic E-state index is -0.428. The van der Waals surface area contributed by atoms with Crippen LogP contribution in [0.25, 0.3) is 0 Å². The van der Waals surface area contributed by atoms with Crippen molar-refractivity contribution >= 4 is 11.6 Å². The fraction of sp³-hybridized carbons (Fsp3) is 0.0667. The second-order valence-electron chi connectivity index (χ2n) is 3.94. The summed E-state index contributed by atoms with van der Waals surface area (Å²) in [5, 5.41) is 11.0. The smallest absolute Gasteiger partial charge is 0.238 e. The van der Waals surface area contributed by atoms with Crippen LogP contribution in [0.5, 0.6) is 11.5 Å². The Morgan fingerprint density at radius 3 is 2.80 bits per heavy atom. The van der Waals surface area contributed by atoms with Gasteiger partial charge in [-0.05, 0) is 24.3 Å². The maximum Gasteiger partial charge on any atom is 0.238 e.